The van der Waals surface area contributed by atoms with Gasteiger partial charge in [0.25, 0.3) is 0 Å². The van der Waals surface area contributed by atoms with Crippen LogP contribution >= 0.6 is 0 Å². The highest BCUT2D eigenvalue weighted by molar-refractivity contribution is 5.83. The maximum atomic E-state index is 10.4. The number of allylic oxidation sites excluding steroid dienone is 1. The Morgan fingerprint density at radius 3 is 2.14 bits per heavy atom. The van der Waals surface area contributed by atoms with Crippen molar-refractivity contribution in [2.24, 2.45) is 5.10 Å². The molecule has 142 valence electrons. The van der Waals surface area contributed by atoms with Crippen molar-refractivity contribution < 1.29 is 9.84 Å². The van der Waals surface area contributed by atoms with Gasteiger partial charge in [-0.15, -0.1) is 6.58 Å². The molecular formula is C24H24N2O2. The molecule has 0 fully saturated rings. The van der Waals surface area contributed by atoms with Crippen molar-refractivity contribution in [3.63, 3.8) is 0 Å². The van der Waals surface area contributed by atoms with E-state index in [0.717, 1.165) is 22.5 Å². The van der Waals surface area contributed by atoms with E-state index in [4.69, 9.17) is 9.84 Å². The van der Waals surface area contributed by atoms with E-state index in [1.54, 1.807) is 18.4 Å². The number of hydrogen-bond donors (Lipinski definition) is 1. The zero-order valence-corrected chi connectivity index (χ0v) is 16.0. The first-order valence-corrected chi connectivity index (χ1v) is 9.26. The van der Waals surface area contributed by atoms with Gasteiger partial charge in [0.15, 0.2) is 11.5 Å². The predicted octanol–water partition coefficient (Wildman–Crippen LogP) is 5.69. The Balaban J connectivity index is 2.00. The standard InChI is InChI=1S/C24H24N2O2/c1-3-11-20-16-19(17-23(24(20)27)28-4-2)18-25-26(21-12-7-5-8-13-21)22-14-9-6-10-15-22/h3,5-10,12-18,27H,1,4,11H2,2H3/b25-18-. The van der Waals surface area contributed by atoms with Crippen LogP contribution in [-0.2, 0) is 6.42 Å². The minimum atomic E-state index is 0.155. The Hall–Kier alpha value is -3.53. The molecule has 0 heterocycles. The van der Waals surface area contributed by atoms with Gasteiger partial charge < -0.3 is 9.84 Å². The van der Waals surface area contributed by atoms with Crippen LogP contribution in [-0.4, -0.2) is 17.9 Å². The van der Waals surface area contributed by atoms with Crippen LogP contribution in [0.25, 0.3) is 0 Å². The number of para-hydroxylation sites is 2. The van der Waals surface area contributed by atoms with Gasteiger partial charge in [-0.25, -0.2) is 5.01 Å². The molecule has 0 spiro atoms. The Kier molecular flexibility index (Phi) is 6.47. The fourth-order valence-electron chi connectivity index (χ4n) is 2.89. The van der Waals surface area contributed by atoms with Crippen molar-refractivity contribution in [1.82, 2.24) is 0 Å². The van der Waals surface area contributed by atoms with E-state index < -0.39 is 0 Å². The molecule has 0 unspecified atom stereocenters. The van der Waals surface area contributed by atoms with Crippen LogP contribution in [0.1, 0.15) is 18.1 Å². The number of hydrazone groups is 1. The number of benzene rings is 3. The molecule has 3 aromatic rings. The summed E-state index contributed by atoms with van der Waals surface area (Å²) in [4.78, 5) is 0. The van der Waals surface area contributed by atoms with E-state index in [-0.39, 0.29) is 5.75 Å². The van der Waals surface area contributed by atoms with Gasteiger partial charge in [-0.05, 0) is 55.3 Å². The van der Waals surface area contributed by atoms with Crippen LogP contribution in [0.2, 0.25) is 0 Å². The molecule has 0 radical (unpaired) electrons. The van der Waals surface area contributed by atoms with Crippen molar-refractivity contribution in [1.29, 1.82) is 0 Å². The second-order valence-corrected chi connectivity index (χ2v) is 6.18. The van der Waals surface area contributed by atoms with Crippen LogP contribution in [0.15, 0.2) is 90.6 Å². The number of nitrogens with zero attached hydrogens (tertiary/aromatic N) is 2. The van der Waals surface area contributed by atoms with Crippen LogP contribution in [0, 0.1) is 0 Å². The third-order valence-corrected chi connectivity index (χ3v) is 4.16. The number of aromatic hydroxyl groups is 1. The average molecular weight is 372 g/mol. The summed E-state index contributed by atoms with van der Waals surface area (Å²) in [5.74, 6) is 0.608. The molecule has 1 N–H and O–H groups in total. The largest absolute Gasteiger partial charge is 0.504 e. The average Bonchev–Trinajstić information content (AvgIpc) is 2.73. The highest BCUT2D eigenvalue weighted by Crippen LogP contribution is 2.32. The molecule has 4 heteroatoms. The lowest BCUT2D eigenvalue weighted by Crippen LogP contribution is -2.09. The van der Waals surface area contributed by atoms with Crippen molar-refractivity contribution in [3.05, 3.63) is 96.6 Å². The van der Waals surface area contributed by atoms with Crippen LogP contribution in [0.4, 0.5) is 11.4 Å². The van der Waals surface area contributed by atoms with E-state index in [1.807, 2.05) is 78.7 Å². The molecule has 0 bridgehead atoms. The van der Waals surface area contributed by atoms with E-state index >= 15 is 0 Å². The normalized spacial score (nSPS) is 10.8. The molecule has 3 aromatic carbocycles. The lowest BCUT2D eigenvalue weighted by molar-refractivity contribution is 0.317. The summed E-state index contributed by atoms with van der Waals surface area (Å²) in [6, 6.07) is 23.6. The van der Waals surface area contributed by atoms with E-state index in [9.17, 15) is 5.11 Å². The molecule has 0 saturated carbocycles. The van der Waals surface area contributed by atoms with Gasteiger partial charge in [0, 0.05) is 5.56 Å². The topological polar surface area (TPSA) is 45.1 Å². The second kappa shape index (κ2) is 9.42. The number of phenols is 1. The Morgan fingerprint density at radius 2 is 1.61 bits per heavy atom. The fraction of sp³-hybridized carbons (Fsp3) is 0.125. The second-order valence-electron chi connectivity index (χ2n) is 6.18. The first kappa shape index (κ1) is 19.2. The van der Waals surface area contributed by atoms with E-state index in [1.165, 1.54) is 0 Å². The van der Waals surface area contributed by atoms with Crippen molar-refractivity contribution in [2.45, 2.75) is 13.3 Å². The Bertz CT molecular complexity index is 898. The molecule has 0 aromatic heterocycles. The molecule has 3 rings (SSSR count). The zero-order chi connectivity index (χ0) is 19.8. The number of hydrogen-bond acceptors (Lipinski definition) is 4. The van der Waals surface area contributed by atoms with Gasteiger partial charge in [0.1, 0.15) is 0 Å². The summed E-state index contributed by atoms with van der Waals surface area (Å²) in [5.41, 5.74) is 3.52. The van der Waals surface area contributed by atoms with Gasteiger partial charge in [-0.1, -0.05) is 42.5 Å². The summed E-state index contributed by atoms with van der Waals surface area (Å²) in [5, 5.41) is 17.0. The van der Waals surface area contributed by atoms with Gasteiger partial charge in [-0.3, -0.25) is 0 Å². The minimum Gasteiger partial charge on any atom is -0.504 e. The molecule has 0 aliphatic heterocycles. The quantitative estimate of drug-likeness (QED) is 0.314. The smallest absolute Gasteiger partial charge is 0.161 e. The molecule has 0 saturated heterocycles. The summed E-state index contributed by atoms with van der Waals surface area (Å²) >= 11 is 0. The summed E-state index contributed by atoms with van der Waals surface area (Å²) in [6.07, 6.45) is 4.08. The number of phenolic OH excluding ortho intramolecular Hbond substituents is 1. The Labute approximate surface area is 166 Å². The number of rotatable bonds is 8. The fourth-order valence-corrected chi connectivity index (χ4v) is 2.89. The maximum Gasteiger partial charge on any atom is 0.161 e. The van der Waals surface area contributed by atoms with Crippen LogP contribution in [0.5, 0.6) is 11.5 Å². The first-order chi connectivity index (χ1) is 13.7. The SMILES string of the molecule is C=CCc1cc(/C=N\N(c2ccccc2)c2ccccc2)cc(OCC)c1O. The van der Waals surface area contributed by atoms with E-state index in [0.29, 0.717) is 18.8 Å². The predicted molar refractivity (Wildman–Crippen MR) is 116 cm³/mol. The molecule has 4 nitrogen and oxygen atoms in total. The lowest BCUT2D eigenvalue weighted by atomic mass is 10.1. The molecular weight excluding hydrogens is 348 g/mol. The highest BCUT2D eigenvalue weighted by Gasteiger charge is 2.11. The number of anilines is 2. The molecule has 0 aliphatic rings. The van der Waals surface area contributed by atoms with Gasteiger partial charge in [-0.2, -0.15) is 5.10 Å². The van der Waals surface area contributed by atoms with Gasteiger partial charge in [0.2, 0.25) is 0 Å². The third kappa shape index (κ3) is 4.60. The zero-order valence-electron chi connectivity index (χ0n) is 16.0. The monoisotopic (exact) mass is 372 g/mol. The molecule has 0 atom stereocenters. The number of ether oxygens (including phenoxy) is 1. The molecule has 28 heavy (non-hydrogen) atoms. The summed E-state index contributed by atoms with van der Waals surface area (Å²) in [6.45, 7) is 6.13. The van der Waals surface area contributed by atoms with Crippen molar-refractivity contribution in [3.8, 4) is 11.5 Å². The molecule has 0 aliphatic carbocycles. The van der Waals surface area contributed by atoms with Crippen LogP contribution < -0.4 is 9.75 Å². The third-order valence-electron chi connectivity index (χ3n) is 4.16. The minimum absolute atomic E-state index is 0.155. The lowest BCUT2D eigenvalue weighted by Gasteiger charge is -2.19. The van der Waals surface area contributed by atoms with Crippen molar-refractivity contribution >= 4 is 17.6 Å². The van der Waals surface area contributed by atoms with Crippen LogP contribution in [0.3, 0.4) is 0 Å². The molecule has 0 amide bonds. The Morgan fingerprint density at radius 1 is 1.00 bits per heavy atom. The van der Waals surface area contributed by atoms with Gasteiger partial charge >= 0.3 is 0 Å². The summed E-state index contributed by atoms with van der Waals surface area (Å²) in [7, 11) is 0. The highest BCUT2D eigenvalue weighted by atomic mass is 16.5. The maximum absolute atomic E-state index is 10.4. The van der Waals surface area contributed by atoms with E-state index in [2.05, 4.69) is 6.58 Å². The van der Waals surface area contributed by atoms with Crippen molar-refractivity contribution in [2.75, 3.05) is 11.6 Å². The first-order valence-electron chi connectivity index (χ1n) is 9.26. The van der Waals surface area contributed by atoms with Gasteiger partial charge in [0.05, 0.1) is 24.2 Å². The summed E-state index contributed by atoms with van der Waals surface area (Å²) < 4.78 is 5.58.